The minimum atomic E-state index is -0.0753. The number of benzene rings is 3. The van der Waals surface area contributed by atoms with Crippen molar-refractivity contribution in [1.29, 1.82) is 0 Å². The summed E-state index contributed by atoms with van der Waals surface area (Å²) in [6.07, 6.45) is 4.47. The molecule has 0 amide bonds. The second kappa shape index (κ2) is 7.65. The summed E-state index contributed by atoms with van der Waals surface area (Å²) in [6, 6.07) is 25.3. The Morgan fingerprint density at radius 3 is 1.91 bits per heavy atom. The zero-order chi connectivity index (χ0) is 22.6. The van der Waals surface area contributed by atoms with E-state index in [-0.39, 0.29) is 5.41 Å². The number of nitrogens with zero attached hydrogens (tertiary/aromatic N) is 3. The number of fused-ring (bicyclic) bond motifs is 3. The first-order valence-electron chi connectivity index (χ1n) is 11.0. The van der Waals surface area contributed by atoms with E-state index in [2.05, 4.69) is 98.6 Å². The summed E-state index contributed by atoms with van der Waals surface area (Å²) in [4.78, 5) is 12.3. The van der Waals surface area contributed by atoms with Crippen LogP contribution in [0.15, 0.2) is 90.6 Å². The van der Waals surface area contributed by atoms with Crippen LogP contribution >= 0.6 is 22.7 Å². The van der Waals surface area contributed by atoms with Crippen LogP contribution in [0.2, 0.25) is 0 Å². The molecule has 162 valence electrons. The number of aromatic nitrogens is 2. The van der Waals surface area contributed by atoms with Gasteiger partial charge in [0.2, 0.25) is 0 Å². The predicted octanol–water partition coefficient (Wildman–Crippen LogP) is 7.65. The van der Waals surface area contributed by atoms with Gasteiger partial charge in [0.1, 0.15) is 10.0 Å². The Bertz CT molecular complexity index is 1430. The topological polar surface area (TPSA) is 29.0 Å². The lowest BCUT2D eigenvalue weighted by atomic mass is 9.83. The van der Waals surface area contributed by atoms with Crippen molar-refractivity contribution in [2.75, 3.05) is 11.9 Å². The third-order valence-corrected chi connectivity index (χ3v) is 8.54. The molecule has 1 aliphatic heterocycles. The molecular formula is C28H23N3S2. The van der Waals surface area contributed by atoms with Gasteiger partial charge in [0.25, 0.3) is 0 Å². The quantitative estimate of drug-likeness (QED) is 0.274. The van der Waals surface area contributed by atoms with E-state index < -0.39 is 0 Å². The summed E-state index contributed by atoms with van der Waals surface area (Å²) >= 11 is 3.45. The number of anilines is 1. The molecule has 0 aliphatic carbocycles. The van der Waals surface area contributed by atoms with Crippen molar-refractivity contribution in [3.63, 3.8) is 0 Å². The average molecular weight is 466 g/mol. The number of hydrogen-bond acceptors (Lipinski definition) is 5. The number of rotatable bonds is 3. The first-order valence-corrected chi connectivity index (χ1v) is 12.6. The maximum absolute atomic E-state index is 4.97. The Kier molecular flexibility index (Phi) is 4.71. The Hall–Kier alpha value is -3.28. The third kappa shape index (κ3) is 3.31. The predicted molar refractivity (Wildman–Crippen MR) is 142 cm³/mol. The van der Waals surface area contributed by atoms with Crippen molar-refractivity contribution >= 4 is 54.4 Å². The SMILES string of the molecule is CN1/C(=C/C=C(c2nc3ccccc3s2)c2nc3ccccc3s2)C(C)(C)c2ccccc21. The lowest BCUT2D eigenvalue weighted by Crippen LogP contribution is -2.22. The summed E-state index contributed by atoms with van der Waals surface area (Å²) in [6.45, 7) is 4.59. The van der Waals surface area contributed by atoms with Crippen LogP contribution in [0.4, 0.5) is 5.69 Å². The number of likely N-dealkylation sites (N-methyl/N-ethyl adjacent to an activating group) is 1. The Morgan fingerprint density at radius 1 is 0.788 bits per heavy atom. The van der Waals surface area contributed by atoms with Crippen LogP contribution in [0.3, 0.4) is 0 Å². The van der Waals surface area contributed by atoms with Gasteiger partial charge < -0.3 is 4.90 Å². The molecule has 0 spiro atoms. The standard InChI is InChI=1S/C28H23N3S2/c1-28(2)19-10-4-7-13-22(19)31(3)25(28)17-16-18(26-29-20-11-5-8-14-23(20)32-26)27-30-21-12-6-9-15-24(21)33-27/h4-17H,1-3H3/b25-17+. The number of hydrogen-bond donors (Lipinski definition) is 0. The number of allylic oxidation sites excluding steroid dienone is 3. The molecule has 2 aromatic heterocycles. The fourth-order valence-corrected chi connectivity index (χ4v) is 6.72. The minimum absolute atomic E-state index is 0.0753. The van der Waals surface area contributed by atoms with Crippen LogP contribution in [-0.4, -0.2) is 17.0 Å². The minimum Gasteiger partial charge on any atom is -0.347 e. The Labute approximate surface area is 201 Å². The van der Waals surface area contributed by atoms with Crippen LogP contribution in [0.5, 0.6) is 0 Å². The highest BCUT2D eigenvalue weighted by Crippen LogP contribution is 2.47. The fourth-order valence-electron chi connectivity index (χ4n) is 4.67. The summed E-state index contributed by atoms with van der Waals surface area (Å²) in [5.74, 6) is 0. The van der Waals surface area contributed by atoms with Gasteiger partial charge in [-0.05, 0) is 48.0 Å². The summed E-state index contributed by atoms with van der Waals surface area (Å²) in [5.41, 5.74) is 6.95. The largest absolute Gasteiger partial charge is 0.347 e. The van der Waals surface area contributed by atoms with E-state index >= 15 is 0 Å². The van der Waals surface area contributed by atoms with Gasteiger partial charge in [-0.3, -0.25) is 0 Å². The summed E-state index contributed by atoms with van der Waals surface area (Å²) in [5, 5.41) is 2.01. The van der Waals surface area contributed by atoms with Gasteiger partial charge in [-0.15, -0.1) is 22.7 Å². The molecule has 3 heterocycles. The molecule has 3 aromatic carbocycles. The monoisotopic (exact) mass is 465 g/mol. The van der Waals surface area contributed by atoms with E-state index in [1.54, 1.807) is 22.7 Å². The van der Waals surface area contributed by atoms with E-state index in [0.29, 0.717) is 0 Å². The second-order valence-electron chi connectivity index (χ2n) is 8.81. The van der Waals surface area contributed by atoms with Crippen molar-refractivity contribution in [2.24, 2.45) is 0 Å². The molecule has 0 bridgehead atoms. The van der Waals surface area contributed by atoms with Gasteiger partial charge >= 0.3 is 0 Å². The van der Waals surface area contributed by atoms with Crippen LogP contribution in [0.25, 0.3) is 26.0 Å². The molecule has 0 atom stereocenters. The Balaban J connectivity index is 1.53. The van der Waals surface area contributed by atoms with E-state index in [1.165, 1.54) is 26.3 Å². The van der Waals surface area contributed by atoms with Gasteiger partial charge in [-0.1, -0.05) is 56.3 Å². The Morgan fingerprint density at radius 2 is 1.33 bits per heavy atom. The van der Waals surface area contributed by atoms with E-state index in [4.69, 9.17) is 9.97 Å². The van der Waals surface area contributed by atoms with Crippen molar-refractivity contribution in [2.45, 2.75) is 19.3 Å². The van der Waals surface area contributed by atoms with Crippen LogP contribution < -0.4 is 4.90 Å². The molecule has 6 rings (SSSR count). The molecule has 1 aliphatic rings. The maximum atomic E-state index is 4.97. The molecule has 3 nitrogen and oxygen atoms in total. The van der Waals surface area contributed by atoms with Gasteiger partial charge in [0, 0.05) is 29.4 Å². The molecule has 5 aromatic rings. The first kappa shape index (κ1) is 20.3. The highest BCUT2D eigenvalue weighted by molar-refractivity contribution is 7.21. The van der Waals surface area contributed by atoms with E-state index in [0.717, 1.165) is 26.6 Å². The smallest absolute Gasteiger partial charge is 0.127 e. The molecule has 0 fully saturated rings. The zero-order valence-electron chi connectivity index (χ0n) is 18.7. The third-order valence-electron chi connectivity index (χ3n) is 6.40. The highest BCUT2D eigenvalue weighted by atomic mass is 32.1. The zero-order valence-corrected chi connectivity index (χ0v) is 20.4. The normalized spacial score (nSPS) is 16.0. The molecule has 0 radical (unpaired) electrons. The lowest BCUT2D eigenvalue weighted by molar-refractivity contribution is 0.640. The lowest BCUT2D eigenvalue weighted by Gasteiger charge is -2.23. The van der Waals surface area contributed by atoms with Crippen molar-refractivity contribution in [3.05, 3.63) is 106 Å². The van der Waals surface area contributed by atoms with Crippen LogP contribution in [0, 0.1) is 0 Å². The number of para-hydroxylation sites is 3. The van der Waals surface area contributed by atoms with E-state index in [1.807, 2.05) is 12.1 Å². The second-order valence-corrected chi connectivity index (χ2v) is 10.9. The van der Waals surface area contributed by atoms with Crippen molar-refractivity contribution < 1.29 is 0 Å². The van der Waals surface area contributed by atoms with Crippen molar-refractivity contribution in [3.8, 4) is 0 Å². The summed E-state index contributed by atoms with van der Waals surface area (Å²) < 4.78 is 2.38. The fraction of sp³-hybridized carbons (Fsp3) is 0.143. The molecule has 0 saturated heterocycles. The number of thiazole rings is 2. The van der Waals surface area contributed by atoms with Gasteiger partial charge in [0.15, 0.2) is 0 Å². The molecule has 0 N–H and O–H groups in total. The van der Waals surface area contributed by atoms with Gasteiger partial charge in [-0.2, -0.15) is 0 Å². The molecule has 0 unspecified atom stereocenters. The summed E-state index contributed by atoms with van der Waals surface area (Å²) in [7, 11) is 2.16. The maximum Gasteiger partial charge on any atom is 0.127 e. The molecule has 33 heavy (non-hydrogen) atoms. The molecule has 0 saturated carbocycles. The van der Waals surface area contributed by atoms with E-state index in [9.17, 15) is 0 Å². The highest BCUT2D eigenvalue weighted by Gasteiger charge is 2.37. The van der Waals surface area contributed by atoms with Crippen LogP contribution in [0.1, 0.15) is 29.4 Å². The van der Waals surface area contributed by atoms with Crippen LogP contribution in [-0.2, 0) is 5.41 Å². The first-order chi connectivity index (χ1) is 16.0. The van der Waals surface area contributed by atoms with Gasteiger partial charge in [0.05, 0.1) is 20.4 Å². The molecule has 5 heteroatoms. The average Bonchev–Trinajstić information content (AvgIpc) is 3.49. The molecular weight excluding hydrogens is 442 g/mol. The van der Waals surface area contributed by atoms with Gasteiger partial charge in [-0.25, -0.2) is 9.97 Å². The van der Waals surface area contributed by atoms with Crippen molar-refractivity contribution in [1.82, 2.24) is 9.97 Å².